The lowest BCUT2D eigenvalue weighted by Gasteiger charge is -2.37. The van der Waals surface area contributed by atoms with Crippen LogP contribution in [0.1, 0.15) is 19.2 Å². The Balaban J connectivity index is 1.68. The van der Waals surface area contributed by atoms with E-state index in [0.717, 1.165) is 38.2 Å². The molecule has 2 aromatic heterocycles. The third-order valence-corrected chi connectivity index (χ3v) is 4.06. The van der Waals surface area contributed by atoms with E-state index in [2.05, 4.69) is 27.3 Å². The van der Waals surface area contributed by atoms with Gasteiger partial charge in [0.15, 0.2) is 0 Å². The molecular formula is C13H18N4OS. The predicted octanol–water partition coefficient (Wildman–Crippen LogP) is 1.98. The monoisotopic (exact) mass is 278 g/mol. The summed E-state index contributed by atoms with van der Waals surface area (Å²) >= 11 is 1.64. The topological polar surface area (TPSA) is 54.2 Å². The van der Waals surface area contributed by atoms with Gasteiger partial charge in [0.2, 0.25) is 11.7 Å². The molecule has 1 fully saturated rings. The highest BCUT2D eigenvalue weighted by Crippen LogP contribution is 2.19. The van der Waals surface area contributed by atoms with Crippen molar-refractivity contribution in [2.45, 2.75) is 25.9 Å². The molecule has 6 heteroatoms. The number of nitrogens with one attached hydrogen (secondary N) is 1. The minimum Gasteiger partial charge on any atom is -0.338 e. The lowest BCUT2D eigenvalue weighted by molar-refractivity contribution is 0.122. The van der Waals surface area contributed by atoms with E-state index in [-0.39, 0.29) is 0 Å². The second-order valence-electron chi connectivity index (χ2n) is 4.81. The van der Waals surface area contributed by atoms with Crippen molar-refractivity contribution >= 4 is 11.3 Å². The van der Waals surface area contributed by atoms with E-state index in [1.807, 2.05) is 16.8 Å². The molecule has 0 unspecified atom stereocenters. The maximum atomic E-state index is 5.37. The number of nitrogens with zero attached hydrogens (tertiary/aromatic N) is 3. The maximum Gasteiger partial charge on any atom is 0.241 e. The maximum absolute atomic E-state index is 5.37. The Labute approximate surface area is 116 Å². The van der Waals surface area contributed by atoms with Gasteiger partial charge >= 0.3 is 0 Å². The molecule has 3 heterocycles. The second kappa shape index (κ2) is 5.81. The summed E-state index contributed by atoms with van der Waals surface area (Å²) in [4.78, 5) is 6.90. The van der Waals surface area contributed by atoms with Gasteiger partial charge in [-0.2, -0.15) is 16.3 Å². The Bertz CT molecular complexity index is 506. The molecule has 0 aliphatic carbocycles. The first-order valence-electron chi connectivity index (χ1n) is 6.66. The number of aromatic nitrogens is 2. The van der Waals surface area contributed by atoms with Crippen LogP contribution >= 0.6 is 11.3 Å². The van der Waals surface area contributed by atoms with Crippen molar-refractivity contribution in [3.05, 3.63) is 22.7 Å². The normalized spacial score (nSPS) is 15.9. The van der Waals surface area contributed by atoms with Crippen molar-refractivity contribution in [2.75, 3.05) is 19.6 Å². The molecule has 1 saturated heterocycles. The van der Waals surface area contributed by atoms with Crippen LogP contribution in [0.3, 0.4) is 0 Å². The van der Waals surface area contributed by atoms with Crippen LogP contribution in [0, 0.1) is 0 Å². The fourth-order valence-electron chi connectivity index (χ4n) is 2.21. The molecule has 0 saturated carbocycles. The highest BCUT2D eigenvalue weighted by atomic mass is 32.1. The van der Waals surface area contributed by atoms with Crippen molar-refractivity contribution in [3.8, 4) is 11.4 Å². The van der Waals surface area contributed by atoms with Gasteiger partial charge in [-0.15, -0.1) is 0 Å². The summed E-state index contributed by atoms with van der Waals surface area (Å²) < 4.78 is 5.37. The molecule has 2 aromatic rings. The van der Waals surface area contributed by atoms with Gasteiger partial charge in [0.1, 0.15) is 0 Å². The number of hydrogen-bond acceptors (Lipinski definition) is 6. The SMILES string of the molecule is CCCN(Cc1nc(-c2ccsc2)no1)C1CNC1. The number of rotatable bonds is 6. The van der Waals surface area contributed by atoms with Crippen LogP contribution in [0.15, 0.2) is 21.3 Å². The van der Waals surface area contributed by atoms with Gasteiger partial charge in [-0.05, 0) is 24.4 Å². The molecule has 102 valence electrons. The standard InChI is InChI=1S/C13H18N4OS/c1-2-4-17(11-6-14-7-11)8-12-15-13(16-18-12)10-3-5-19-9-10/h3,5,9,11,14H,2,4,6-8H2,1H3. The molecule has 1 aliphatic rings. The van der Waals surface area contributed by atoms with E-state index in [0.29, 0.717) is 17.8 Å². The Hall–Kier alpha value is -1.24. The molecule has 0 bridgehead atoms. The average molecular weight is 278 g/mol. The molecule has 0 radical (unpaired) electrons. The zero-order valence-electron chi connectivity index (χ0n) is 11.0. The number of thiophene rings is 1. The van der Waals surface area contributed by atoms with Gasteiger partial charge in [0, 0.05) is 30.1 Å². The Kier molecular flexibility index (Phi) is 3.91. The summed E-state index contributed by atoms with van der Waals surface area (Å²) in [5.41, 5.74) is 1.03. The summed E-state index contributed by atoms with van der Waals surface area (Å²) in [7, 11) is 0. The molecule has 0 amide bonds. The average Bonchev–Trinajstić information content (AvgIpc) is 2.95. The molecule has 0 atom stereocenters. The van der Waals surface area contributed by atoms with E-state index in [4.69, 9.17) is 4.52 Å². The summed E-state index contributed by atoms with van der Waals surface area (Å²) in [6, 6.07) is 2.62. The van der Waals surface area contributed by atoms with Crippen LogP contribution in [-0.4, -0.2) is 40.7 Å². The molecule has 1 aliphatic heterocycles. The first kappa shape index (κ1) is 12.8. The quantitative estimate of drug-likeness (QED) is 0.875. The fraction of sp³-hybridized carbons (Fsp3) is 0.538. The Morgan fingerprint density at radius 2 is 2.42 bits per heavy atom. The van der Waals surface area contributed by atoms with Gasteiger partial charge in [-0.25, -0.2) is 0 Å². The van der Waals surface area contributed by atoms with E-state index in [9.17, 15) is 0 Å². The molecule has 1 N–H and O–H groups in total. The smallest absolute Gasteiger partial charge is 0.241 e. The summed E-state index contributed by atoms with van der Waals surface area (Å²) in [5, 5.41) is 11.4. The molecule has 0 spiro atoms. The van der Waals surface area contributed by atoms with Gasteiger partial charge in [-0.3, -0.25) is 4.90 Å². The molecule has 3 rings (SSSR count). The summed E-state index contributed by atoms with van der Waals surface area (Å²) in [6.07, 6.45) is 1.14. The minimum atomic E-state index is 0.608. The van der Waals surface area contributed by atoms with Crippen LogP contribution in [0.5, 0.6) is 0 Å². The van der Waals surface area contributed by atoms with Gasteiger partial charge in [0.05, 0.1) is 6.54 Å². The van der Waals surface area contributed by atoms with E-state index < -0.39 is 0 Å². The van der Waals surface area contributed by atoms with Crippen molar-refractivity contribution in [2.24, 2.45) is 0 Å². The van der Waals surface area contributed by atoms with E-state index in [1.165, 1.54) is 0 Å². The summed E-state index contributed by atoms with van der Waals surface area (Å²) in [6.45, 7) is 6.14. The van der Waals surface area contributed by atoms with Crippen molar-refractivity contribution in [1.82, 2.24) is 20.4 Å². The Morgan fingerprint density at radius 3 is 3.05 bits per heavy atom. The van der Waals surface area contributed by atoms with E-state index in [1.54, 1.807) is 11.3 Å². The second-order valence-corrected chi connectivity index (χ2v) is 5.59. The van der Waals surface area contributed by atoms with Crippen molar-refractivity contribution < 1.29 is 4.52 Å². The highest BCUT2D eigenvalue weighted by molar-refractivity contribution is 7.08. The van der Waals surface area contributed by atoms with Crippen LogP contribution in [0.25, 0.3) is 11.4 Å². The fourth-order valence-corrected chi connectivity index (χ4v) is 2.85. The van der Waals surface area contributed by atoms with Crippen LogP contribution in [0.4, 0.5) is 0 Å². The van der Waals surface area contributed by atoms with Gasteiger partial charge in [-0.1, -0.05) is 12.1 Å². The lowest BCUT2D eigenvalue weighted by Crippen LogP contribution is -2.57. The van der Waals surface area contributed by atoms with Gasteiger partial charge in [0.25, 0.3) is 0 Å². The first-order chi connectivity index (χ1) is 9.36. The van der Waals surface area contributed by atoms with Crippen LogP contribution < -0.4 is 5.32 Å². The number of hydrogen-bond donors (Lipinski definition) is 1. The van der Waals surface area contributed by atoms with Crippen LogP contribution in [-0.2, 0) is 6.54 Å². The highest BCUT2D eigenvalue weighted by Gasteiger charge is 2.25. The first-order valence-corrected chi connectivity index (χ1v) is 7.61. The zero-order valence-corrected chi connectivity index (χ0v) is 11.8. The van der Waals surface area contributed by atoms with Crippen molar-refractivity contribution in [3.63, 3.8) is 0 Å². The third-order valence-electron chi connectivity index (χ3n) is 3.37. The zero-order chi connectivity index (χ0) is 13.1. The molecular weight excluding hydrogens is 260 g/mol. The van der Waals surface area contributed by atoms with Crippen molar-refractivity contribution in [1.29, 1.82) is 0 Å². The van der Waals surface area contributed by atoms with Crippen LogP contribution in [0.2, 0.25) is 0 Å². The largest absolute Gasteiger partial charge is 0.338 e. The molecule has 19 heavy (non-hydrogen) atoms. The third kappa shape index (κ3) is 2.86. The predicted molar refractivity (Wildman–Crippen MR) is 75.0 cm³/mol. The van der Waals surface area contributed by atoms with E-state index >= 15 is 0 Å². The Morgan fingerprint density at radius 1 is 1.53 bits per heavy atom. The summed E-state index contributed by atoms with van der Waals surface area (Å²) in [5.74, 6) is 1.40. The molecule has 5 nitrogen and oxygen atoms in total. The molecule has 0 aromatic carbocycles. The van der Waals surface area contributed by atoms with Gasteiger partial charge < -0.3 is 9.84 Å². The minimum absolute atomic E-state index is 0.608. The lowest BCUT2D eigenvalue weighted by atomic mass is 10.1.